The Kier molecular flexibility index (Phi) is 6.58. The summed E-state index contributed by atoms with van der Waals surface area (Å²) in [5.41, 5.74) is 1.53. The van der Waals surface area contributed by atoms with Crippen molar-refractivity contribution in [2.24, 2.45) is 0 Å². The van der Waals surface area contributed by atoms with Gasteiger partial charge in [-0.05, 0) is 45.4 Å². The van der Waals surface area contributed by atoms with Crippen molar-refractivity contribution in [1.82, 2.24) is 10.6 Å². The number of carbonyl (C=O) groups is 1. The minimum absolute atomic E-state index is 0.217. The molecule has 0 spiro atoms. The average Bonchev–Trinajstić information content (AvgIpc) is 2.49. The summed E-state index contributed by atoms with van der Waals surface area (Å²) >= 11 is 0. The van der Waals surface area contributed by atoms with Gasteiger partial charge in [-0.3, -0.25) is 4.79 Å². The van der Waals surface area contributed by atoms with Gasteiger partial charge in [0.1, 0.15) is 0 Å². The quantitative estimate of drug-likeness (QED) is 0.732. The van der Waals surface area contributed by atoms with Crippen LogP contribution < -0.4 is 10.6 Å². The van der Waals surface area contributed by atoms with Crippen LogP contribution in [-0.4, -0.2) is 24.5 Å². The van der Waals surface area contributed by atoms with Crippen LogP contribution in [0.4, 0.5) is 0 Å². The van der Waals surface area contributed by atoms with E-state index in [1.54, 1.807) is 0 Å². The summed E-state index contributed by atoms with van der Waals surface area (Å²) in [5, 5.41) is 6.67. The molecule has 0 saturated heterocycles. The van der Waals surface area contributed by atoms with Crippen LogP contribution >= 0.6 is 0 Å². The lowest BCUT2D eigenvalue weighted by Gasteiger charge is -2.23. The largest absolute Gasteiger partial charge is 0.353 e. The lowest BCUT2D eigenvalue weighted by Crippen LogP contribution is -2.38. The van der Waals surface area contributed by atoms with Gasteiger partial charge in [0.05, 0.1) is 0 Å². The zero-order chi connectivity index (χ0) is 14.2. The van der Waals surface area contributed by atoms with Crippen molar-refractivity contribution in [2.75, 3.05) is 6.54 Å². The van der Waals surface area contributed by atoms with Gasteiger partial charge in [-0.1, -0.05) is 30.9 Å². The highest BCUT2D eigenvalue weighted by Crippen LogP contribution is 2.20. The number of hydrogen-bond acceptors (Lipinski definition) is 2. The van der Waals surface area contributed by atoms with Crippen LogP contribution in [-0.2, 0) is 4.79 Å². The molecule has 1 unspecified atom stereocenters. The monoisotopic (exact) mass is 278 g/mol. The van der Waals surface area contributed by atoms with Gasteiger partial charge in [-0.15, -0.1) is 0 Å². The molecule has 0 radical (unpaired) electrons. The van der Waals surface area contributed by atoms with Gasteiger partial charge in [0, 0.05) is 25.0 Å². The highest BCUT2D eigenvalue weighted by molar-refractivity contribution is 5.76. The van der Waals surface area contributed by atoms with E-state index in [4.69, 9.17) is 0 Å². The van der Waals surface area contributed by atoms with Gasteiger partial charge in [-0.2, -0.15) is 0 Å². The first kappa shape index (κ1) is 15.6. The maximum Gasteiger partial charge on any atom is 0.221 e. The molecule has 0 heterocycles. The molecule has 0 aromatic rings. The molecule has 2 rings (SSSR count). The summed E-state index contributed by atoms with van der Waals surface area (Å²) in [4.78, 5) is 11.9. The van der Waals surface area contributed by atoms with E-state index in [2.05, 4.69) is 23.6 Å². The fourth-order valence-corrected chi connectivity index (χ4v) is 3.34. The molecule has 20 heavy (non-hydrogen) atoms. The summed E-state index contributed by atoms with van der Waals surface area (Å²) in [6, 6.07) is 0.868. The predicted molar refractivity (Wildman–Crippen MR) is 83.6 cm³/mol. The molecule has 1 amide bonds. The smallest absolute Gasteiger partial charge is 0.221 e. The van der Waals surface area contributed by atoms with Crippen molar-refractivity contribution in [3.63, 3.8) is 0 Å². The van der Waals surface area contributed by atoms with E-state index in [0.29, 0.717) is 18.5 Å². The molecule has 2 aliphatic rings. The fourth-order valence-electron chi connectivity index (χ4n) is 3.34. The predicted octanol–water partition coefficient (Wildman–Crippen LogP) is 3.30. The van der Waals surface area contributed by atoms with Crippen molar-refractivity contribution < 1.29 is 4.79 Å². The van der Waals surface area contributed by atoms with Crippen LogP contribution in [0.5, 0.6) is 0 Å². The highest BCUT2D eigenvalue weighted by atomic mass is 16.1. The second-order valence-corrected chi connectivity index (χ2v) is 6.35. The minimum atomic E-state index is 0.217. The molecule has 0 aromatic carbocycles. The normalized spacial score (nSPS) is 22.1. The number of allylic oxidation sites excluding steroid dienone is 1. The second-order valence-electron chi connectivity index (χ2n) is 6.35. The number of nitrogens with one attached hydrogen (secondary N) is 2. The van der Waals surface area contributed by atoms with Gasteiger partial charge in [-0.25, -0.2) is 0 Å². The molecular weight excluding hydrogens is 248 g/mol. The summed E-state index contributed by atoms with van der Waals surface area (Å²) < 4.78 is 0. The highest BCUT2D eigenvalue weighted by Gasteiger charge is 2.16. The average molecular weight is 278 g/mol. The van der Waals surface area contributed by atoms with E-state index in [1.165, 1.54) is 63.4 Å². The van der Waals surface area contributed by atoms with E-state index in [9.17, 15) is 4.79 Å². The van der Waals surface area contributed by atoms with Crippen LogP contribution in [0.2, 0.25) is 0 Å². The van der Waals surface area contributed by atoms with Crippen LogP contribution in [0.25, 0.3) is 0 Å². The standard InChI is InChI=1S/C17H30N2O/c1-14(15-8-4-2-5-9-15)18-13-12-17(20)19-16-10-6-3-7-11-16/h8,14,16,18H,2-7,9-13H2,1H3,(H,19,20). The van der Waals surface area contributed by atoms with Gasteiger partial charge >= 0.3 is 0 Å². The summed E-state index contributed by atoms with van der Waals surface area (Å²) in [7, 11) is 0. The molecule has 1 saturated carbocycles. The van der Waals surface area contributed by atoms with Gasteiger partial charge in [0.15, 0.2) is 0 Å². The Hall–Kier alpha value is -0.830. The molecule has 3 heteroatoms. The van der Waals surface area contributed by atoms with E-state index >= 15 is 0 Å². The molecular formula is C17H30N2O. The number of hydrogen-bond donors (Lipinski definition) is 2. The van der Waals surface area contributed by atoms with Crippen LogP contribution in [0.15, 0.2) is 11.6 Å². The topological polar surface area (TPSA) is 41.1 Å². The maximum atomic E-state index is 11.9. The van der Waals surface area contributed by atoms with E-state index in [0.717, 1.165) is 6.54 Å². The third kappa shape index (κ3) is 5.28. The Bertz CT molecular complexity index is 332. The molecule has 0 bridgehead atoms. The minimum Gasteiger partial charge on any atom is -0.353 e. The zero-order valence-corrected chi connectivity index (χ0v) is 12.9. The SMILES string of the molecule is CC(NCCC(=O)NC1CCCCC1)C1=CCCCC1. The number of amides is 1. The van der Waals surface area contributed by atoms with E-state index in [-0.39, 0.29) is 5.91 Å². The molecule has 114 valence electrons. The van der Waals surface area contributed by atoms with E-state index in [1.807, 2.05) is 0 Å². The Balaban J connectivity index is 1.59. The molecule has 1 fully saturated rings. The zero-order valence-electron chi connectivity index (χ0n) is 12.9. The Morgan fingerprint density at radius 1 is 1.25 bits per heavy atom. The molecule has 0 aliphatic heterocycles. The van der Waals surface area contributed by atoms with Gasteiger partial charge in [0.2, 0.25) is 5.91 Å². The Morgan fingerprint density at radius 2 is 2.05 bits per heavy atom. The van der Waals surface area contributed by atoms with Crippen LogP contribution in [0.3, 0.4) is 0 Å². The van der Waals surface area contributed by atoms with Crippen molar-refractivity contribution in [3.8, 4) is 0 Å². The lowest BCUT2D eigenvalue weighted by atomic mass is 9.94. The van der Waals surface area contributed by atoms with Crippen LogP contribution in [0, 0.1) is 0 Å². The lowest BCUT2D eigenvalue weighted by molar-refractivity contribution is -0.121. The first-order valence-electron chi connectivity index (χ1n) is 8.47. The van der Waals surface area contributed by atoms with Gasteiger partial charge < -0.3 is 10.6 Å². The Labute approximate surface area is 123 Å². The molecule has 2 N–H and O–H groups in total. The van der Waals surface area contributed by atoms with Crippen molar-refractivity contribution in [3.05, 3.63) is 11.6 Å². The third-order valence-corrected chi connectivity index (χ3v) is 4.66. The molecule has 3 nitrogen and oxygen atoms in total. The first-order chi connectivity index (χ1) is 9.75. The van der Waals surface area contributed by atoms with Crippen LogP contribution in [0.1, 0.15) is 71.1 Å². The van der Waals surface area contributed by atoms with Gasteiger partial charge in [0.25, 0.3) is 0 Å². The van der Waals surface area contributed by atoms with Crippen molar-refractivity contribution in [1.29, 1.82) is 0 Å². The fraction of sp³-hybridized carbons (Fsp3) is 0.824. The van der Waals surface area contributed by atoms with E-state index < -0.39 is 0 Å². The van der Waals surface area contributed by atoms with Crippen molar-refractivity contribution >= 4 is 5.91 Å². The molecule has 2 aliphatic carbocycles. The maximum absolute atomic E-state index is 11.9. The number of carbonyl (C=O) groups excluding carboxylic acids is 1. The summed E-state index contributed by atoms with van der Waals surface area (Å²) in [5.74, 6) is 0.217. The second kappa shape index (κ2) is 8.46. The third-order valence-electron chi connectivity index (χ3n) is 4.66. The molecule has 0 aromatic heterocycles. The summed E-state index contributed by atoms with van der Waals surface area (Å²) in [6.45, 7) is 3.01. The van der Waals surface area contributed by atoms with Crippen molar-refractivity contribution in [2.45, 2.75) is 83.2 Å². The Morgan fingerprint density at radius 3 is 2.75 bits per heavy atom. The summed E-state index contributed by atoms with van der Waals surface area (Å²) in [6.07, 6.45) is 14.3. The first-order valence-corrected chi connectivity index (χ1v) is 8.47. The molecule has 1 atom stereocenters. The number of rotatable bonds is 6.